The molecule has 0 radical (unpaired) electrons. The minimum absolute atomic E-state index is 0.0500. The summed E-state index contributed by atoms with van der Waals surface area (Å²) >= 11 is 0. The van der Waals surface area contributed by atoms with Crippen molar-refractivity contribution in [3.05, 3.63) is 35.6 Å². The molecule has 0 spiro atoms. The molecule has 2 nitrogen and oxygen atoms in total. The largest absolute Gasteiger partial charge is 0.338 e. The Bertz CT molecular complexity index is 391. The summed E-state index contributed by atoms with van der Waals surface area (Å²) in [5.41, 5.74) is 0.453. The number of nitrogens with zero attached hydrogens (tertiary/aromatic N) is 1. The Morgan fingerprint density at radius 2 is 2.31 bits per heavy atom. The number of rotatable bonds is 1. The number of halogens is 1. The zero-order chi connectivity index (χ0) is 11.5. The van der Waals surface area contributed by atoms with Crippen LogP contribution in [0.25, 0.3) is 0 Å². The molecule has 0 aromatic heterocycles. The van der Waals surface area contributed by atoms with Gasteiger partial charge in [0.25, 0.3) is 5.91 Å². The number of likely N-dealkylation sites (tertiary alicyclic amines) is 1. The number of piperidine rings is 1. The second-order valence-corrected chi connectivity index (χ2v) is 4.51. The number of carbonyl (C=O) groups excluding carboxylic acids is 1. The smallest absolute Gasteiger partial charge is 0.253 e. The molecule has 16 heavy (non-hydrogen) atoms. The van der Waals surface area contributed by atoms with Gasteiger partial charge in [0.2, 0.25) is 0 Å². The first-order chi connectivity index (χ1) is 7.66. The van der Waals surface area contributed by atoms with E-state index in [0.717, 1.165) is 19.5 Å². The van der Waals surface area contributed by atoms with Gasteiger partial charge in [0.05, 0.1) is 0 Å². The molecule has 1 fully saturated rings. The van der Waals surface area contributed by atoms with Crippen molar-refractivity contribution >= 4 is 5.91 Å². The van der Waals surface area contributed by atoms with Crippen LogP contribution >= 0.6 is 0 Å². The molecule has 1 aliphatic rings. The van der Waals surface area contributed by atoms with E-state index in [9.17, 15) is 9.18 Å². The van der Waals surface area contributed by atoms with Gasteiger partial charge in [0, 0.05) is 18.7 Å². The van der Waals surface area contributed by atoms with Gasteiger partial charge in [-0.2, -0.15) is 0 Å². The van der Waals surface area contributed by atoms with Crippen molar-refractivity contribution in [3.63, 3.8) is 0 Å². The monoisotopic (exact) mass is 221 g/mol. The molecule has 1 aliphatic heterocycles. The molecule has 0 saturated carbocycles. The first-order valence-corrected chi connectivity index (χ1v) is 5.71. The lowest BCUT2D eigenvalue weighted by Crippen LogP contribution is -2.39. The van der Waals surface area contributed by atoms with E-state index in [0.29, 0.717) is 11.5 Å². The zero-order valence-electron chi connectivity index (χ0n) is 9.45. The summed E-state index contributed by atoms with van der Waals surface area (Å²) in [6.45, 7) is 3.72. The van der Waals surface area contributed by atoms with E-state index in [1.165, 1.54) is 18.6 Å². The third kappa shape index (κ3) is 2.40. The van der Waals surface area contributed by atoms with Gasteiger partial charge >= 0.3 is 0 Å². The van der Waals surface area contributed by atoms with Gasteiger partial charge in [0.1, 0.15) is 5.82 Å². The highest BCUT2D eigenvalue weighted by Gasteiger charge is 2.21. The first-order valence-electron chi connectivity index (χ1n) is 5.71. The van der Waals surface area contributed by atoms with Crippen LogP contribution in [0.2, 0.25) is 0 Å². The summed E-state index contributed by atoms with van der Waals surface area (Å²) < 4.78 is 13.0. The summed E-state index contributed by atoms with van der Waals surface area (Å²) in [6, 6.07) is 5.91. The van der Waals surface area contributed by atoms with E-state index < -0.39 is 0 Å². The van der Waals surface area contributed by atoms with Gasteiger partial charge in [-0.15, -0.1) is 0 Å². The minimum Gasteiger partial charge on any atom is -0.338 e. The predicted molar refractivity (Wildman–Crippen MR) is 60.7 cm³/mol. The van der Waals surface area contributed by atoms with Crippen molar-refractivity contribution in [2.75, 3.05) is 13.1 Å². The van der Waals surface area contributed by atoms with Crippen LogP contribution < -0.4 is 0 Å². The van der Waals surface area contributed by atoms with Crippen molar-refractivity contribution in [1.82, 2.24) is 4.90 Å². The maximum Gasteiger partial charge on any atom is 0.253 e. The Morgan fingerprint density at radius 3 is 3.00 bits per heavy atom. The van der Waals surface area contributed by atoms with Gasteiger partial charge in [0.15, 0.2) is 0 Å². The molecular formula is C13H16FNO. The van der Waals surface area contributed by atoms with E-state index in [1.807, 2.05) is 4.90 Å². The number of amides is 1. The van der Waals surface area contributed by atoms with E-state index in [2.05, 4.69) is 6.92 Å². The molecule has 1 saturated heterocycles. The maximum absolute atomic E-state index is 13.0. The van der Waals surface area contributed by atoms with E-state index in [1.54, 1.807) is 12.1 Å². The Kier molecular flexibility index (Phi) is 3.22. The fourth-order valence-electron chi connectivity index (χ4n) is 2.18. The van der Waals surface area contributed by atoms with Crippen LogP contribution in [-0.4, -0.2) is 23.9 Å². The van der Waals surface area contributed by atoms with E-state index in [4.69, 9.17) is 0 Å². The third-order valence-electron chi connectivity index (χ3n) is 3.02. The maximum atomic E-state index is 13.0. The van der Waals surface area contributed by atoms with Crippen molar-refractivity contribution in [1.29, 1.82) is 0 Å². The molecule has 2 rings (SSSR count). The van der Waals surface area contributed by atoms with Crippen LogP contribution in [0, 0.1) is 11.7 Å². The van der Waals surface area contributed by atoms with Gasteiger partial charge in [-0.25, -0.2) is 4.39 Å². The summed E-state index contributed by atoms with van der Waals surface area (Å²) in [4.78, 5) is 13.9. The zero-order valence-corrected chi connectivity index (χ0v) is 9.45. The molecule has 86 valence electrons. The molecule has 3 heteroatoms. The number of benzene rings is 1. The molecule has 0 aliphatic carbocycles. The Balaban J connectivity index is 2.12. The molecule has 1 heterocycles. The fraction of sp³-hybridized carbons (Fsp3) is 0.462. The van der Waals surface area contributed by atoms with Crippen LogP contribution in [0.3, 0.4) is 0 Å². The van der Waals surface area contributed by atoms with Crippen LogP contribution in [0.4, 0.5) is 4.39 Å². The highest BCUT2D eigenvalue weighted by atomic mass is 19.1. The average Bonchev–Trinajstić information content (AvgIpc) is 2.28. The van der Waals surface area contributed by atoms with Crippen molar-refractivity contribution in [2.24, 2.45) is 5.92 Å². The lowest BCUT2D eigenvalue weighted by molar-refractivity contribution is 0.0682. The summed E-state index contributed by atoms with van der Waals surface area (Å²) in [7, 11) is 0. The van der Waals surface area contributed by atoms with Gasteiger partial charge in [-0.1, -0.05) is 13.0 Å². The summed E-state index contributed by atoms with van der Waals surface area (Å²) in [6.07, 6.45) is 2.22. The third-order valence-corrected chi connectivity index (χ3v) is 3.02. The minimum atomic E-state index is -0.351. The molecular weight excluding hydrogens is 205 g/mol. The Hall–Kier alpha value is -1.38. The second-order valence-electron chi connectivity index (χ2n) is 4.51. The molecule has 1 aromatic carbocycles. The van der Waals surface area contributed by atoms with Crippen molar-refractivity contribution < 1.29 is 9.18 Å². The normalized spacial score (nSPS) is 20.9. The Labute approximate surface area is 95.1 Å². The summed E-state index contributed by atoms with van der Waals surface area (Å²) in [5, 5.41) is 0. The lowest BCUT2D eigenvalue weighted by atomic mass is 9.99. The standard InChI is InChI=1S/C13H16FNO/c1-10-4-3-7-15(9-10)13(16)11-5-2-6-12(14)8-11/h2,5-6,8,10H,3-4,7,9H2,1H3/t10-/m0/s1. The average molecular weight is 221 g/mol. The predicted octanol–water partition coefficient (Wildman–Crippen LogP) is 2.70. The van der Waals surface area contributed by atoms with Gasteiger partial charge in [-0.3, -0.25) is 4.79 Å². The molecule has 1 amide bonds. The van der Waals surface area contributed by atoms with Crippen LogP contribution in [0.5, 0.6) is 0 Å². The van der Waals surface area contributed by atoms with Crippen molar-refractivity contribution in [3.8, 4) is 0 Å². The van der Waals surface area contributed by atoms with Crippen LogP contribution in [0.15, 0.2) is 24.3 Å². The van der Waals surface area contributed by atoms with Gasteiger partial charge < -0.3 is 4.90 Å². The summed E-state index contributed by atoms with van der Waals surface area (Å²) in [5.74, 6) is 0.146. The first kappa shape index (κ1) is 11.1. The molecule has 0 N–H and O–H groups in total. The van der Waals surface area contributed by atoms with E-state index >= 15 is 0 Å². The molecule has 0 unspecified atom stereocenters. The molecule has 1 aromatic rings. The molecule has 1 atom stereocenters. The highest BCUT2D eigenvalue weighted by Crippen LogP contribution is 2.18. The van der Waals surface area contributed by atoms with Crippen LogP contribution in [-0.2, 0) is 0 Å². The Morgan fingerprint density at radius 1 is 1.50 bits per heavy atom. The fourth-order valence-corrected chi connectivity index (χ4v) is 2.18. The number of hydrogen-bond donors (Lipinski definition) is 0. The topological polar surface area (TPSA) is 20.3 Å². The highest BCUT2D eigenvalue weighted by molar-refractivity contribution is 5.94. The number of hydrogen-bond acceptors (Lipinski definition) is 1. The lowest BCUT2D eigenvalue weighted by Gasteiger charge is -2.31. The van der Waals surface area contributed by atoms with Gasteiger partial charge in [-0.05, 0) is 37.0 Å². The second kappa shape index (κ2) is 4.64. The van der Waals surface area contributed by atoms with E-state index in [-0.39, 0.29) is 11.7 Å². The molecule has 0 bridgehead atoms. The quantitative estimate of drug-likeness (QED) is 0.714. The van der Waals surface area contributed by atoms with Crippen molar-refractivity contribution in [2.45, 2.75) is 19.8 Å². The number of carbonyl (C=O) groups is 1. The van der Waals surface area contributed by atoms with Crippen LogP contribution in [0.1, 0.15) is 30.1 Å². The SMILES string of the molecule is C[C@H]1CCCN(C(=O)c2cccc(F)c2)C1.